The van der Waals surface area contributed by atoms with Gasteiger partial charge in [0.2, 0.25) is 0 Å². The summed E-state index contributed by atoms with van der Waals surface area (Å²) in [7, 11) is 0. The predicted octanol–water partition coefficient (Wildman–Crippen LogP) is 3.96. The van der Waals surface area contributed by atoms with Crippen LogP contribution in [-0.2, 0) is 4.74 Å². The number of hydrogen-bond donors (Lipinski definition) is 2. The van der Waals surface area contributed by atoms with E-state index < -0.39 is 0 Å². The van der Waals surface area contributed by atoms with E-state index in [1.165, 1.54) is 18.3 Å². The Morgan fingerprint density at radius 1 is 1.26 bits per heavy atom. The topological polar surface area (TPSA) is 60.2 Å². The van der Waals surface area contributed by atoms with Gasteiger partial charge >= 0.3 is 0 Å². The fourth-order valence-electron chi connectivity index (χ4n) is 2.74. The third kappa shape index (κ3) is 4.12. The fraction of sp³-hybridized carbons (Fsp3) is 0.353. The van der Waals surface area contributed by atoms with Crippen LogP contribution in [0.25, 0.3) is 11.1 Å². The van der Waals surface area contributed by atoms with E-state index in [4.69, 9.17) is 22.1 Å². The molecule has 1 saturated heterocycles. The summed E-state index contributed by atoms with van der Waals surface area (Å²) in [5, 5.41) is 3.76. The molecule has 4 nitrogen and oxygen atoms in total. The lowest BCUT2D eigenvalue weighted by atomic mass is 10.00. The van der Waals surface area contributed by atoms with Crippen LogP contribution in [0.1, 0.15) is 12.8 Å². The van der Waals surface area contributed by atoms with Crippen molar-refractivity contribution in [1.82, 2.24) is 4.98 Å². The van der Waals surface area contributed by atoms with E-state index in [1.807, 2.05) is 6.07 Å². The Morgan fingerprint density at radius 3 is 2.83 bits per heavy atom. The molecule has 3 N–H and O–H groups in total. The molecule has 0 radical (unpaired) electrons. The molecule has 3 rings (SSSR count). The second-order valence-electron chi connectivity index (χ2n) is 5.75. The number of nitrogen functional groups attached to an aromatic ring is 1. The molecule has 1 aromatic carbocycles. The molecule has 0 atom stereocenters. The minimum Gasteiger partial charge on any atom is -0.385 e. The van der Waals surface area contributed by atoms with Crippen molar-refractivity contribution in [2.24, 2.45) is 5.92 Å². The van der Waals surface area contributed by atoms with Gasteiger partial charge in [0.1, 0.15) is 11.6 Å². The average Bonchev–Trinajstić information content (AvgIpc) is 2.56. The standard InChI is InChI=1S/C17H19ClFN3O/c18-16-10-22-17(20)8-15(16)12-5-13(19)7-14(6-12)21-9-11-1-3-23-4-2-11/h5-8,10-11,21H,1-4,9H2,(H2,20,22). The van der Waals surface area contributed by atoms with Crippen LogP contribution in [0.4, 0.5) is 15.9 Å². The molecule has 6 heteroatoms. The molecule has 0 bridgehead atoms. The van der Waals surface area contributed by atoms with Crippen LogP contribution in [0, 0.1) is 11.7 Å². The van der Waals surface area contributed by atoms with Crippen LogP contribution < -0.4 is 11.1 Å². The highest BCUT2D eigenvalue weighted by molar-refractivity contribution is 6.33. The molecule has 2 heterocycles. The van der Waals surface area contributed by atoms with Crippen molar-refractivity contribution in [3.05, 3.63) is 41.3 Å². The summed E-state index contributed by atoms with van der Waals surface area (Å²) in [6, 6.07) is 6.46. The highest BCUT2D eigenvalue weighted by Crippen LogP contribution is 2.31. The summed E-state index contributed by atoms with van der Waals surface area (Å²) >= 11 is 6.16. The highest BCUT2D eigenvalue weighted by atomic mass is 35.5. The molecular weight excluding hydrogens is 317 g/mol. The van der Waals surface area contributed by atoms with Gasteiger partial charge in [-0.2, -0.15) is 0 Å². The molecule has 1 aromatic heterocycles. The minimum absolute atomic E-state index is 0.316. The normalized spacial score (nSPS) is 15.6. The Morgan fingerprint density at radius 2 is 2.04 bits per heavy atom. The number of rotatable bonds is 4. The second kappa shape index (κ2) is 7.15. The summed E-state index contributed by atoms with van der Waals surface area (Å²) in [6.45, 7) is 2.40. The number of halogens is 2. The van der Waals surface area contributed by atoms with Gasteiger partial charge in [-0.3, -0.25) is 0 Å². The molecule has 0 amide bonds. The Balaban J connectivity index is 1.79. The van der Waals surface area contributed by atoms with Gasteiger partial charge in [-0.1, -0.05) is 11.6 Å². The van der Waals surface area contributed by atoms with Crippen molar-refractivity contribution in [1.29, 1.82) is 0 Å². The van der Waals surface area contributed by atoms with E-state index >= 15 is 0 Å². The molecular formula is C17H19ClFN3O. The van der Waals surface area contributed by atoms with Crippen LogP contribution in [0.2, 0.25) is 5.02 Å². The van der Waals surface area contributed by atoms with Crippen LogP contribution in [0.5, 0.6) is 0 Å². The van der Waals surface area contributed by atoms with E-state index in [1.54, 1.807) is 6.07 Å². The number of nitrogens with two attached hydrogens (primary N) is 1. The van der Waals surface area contributed by atoms with Crippen molar-refractivity contribution in [3.63, 3.8) is 0 Å². The highest BCUT2D eigenvalue weighted by Gasteiger charge is 2.14. The second-order valence-corrected chi connectivity index (χ2v) is 6.16. The van der Waals surface area contributed by atoms with Gasteiger partial charge in [-0.25, -0.2) is 9.37 Å². The number of ether oxygens (including phenoxy) is 1. The maximum Gasteiger partial charge on any atom is 0.125 e. The zero-order valence-electron chi connectivity index (χ0n) is 12.7. The maximum atomic E-state index is 14.0. The minimum atomic E-state index is -0.316. The van der Waals surface area contributed by atoms with E-state index in [0.717, 1.165) is 38.3 Å². The van der Waals surface area contributed by atoms with E-state index in [0.29, 0.717) is 27.9 Å². The van der Waals surface area contributed by atoms with Gasteiger partial charge in [0, 0.05) is 37.2 Å². The Labute approximate surface area is 139 Å². The number of nitrogens with one attached hydrogen (secondary N) is 1. The Kier molecular flexibility index (Phi) is 4.98. The first-order valence-electron chi connectivity index (χ1n) is 7.65. The third-order valence-electron chi connectivity index (χ3n) is 4.02. The molecule has 1 fully saturated rings. The van der Waals surface area contributed by atoms with Crippen LogP contribution in [0.15, 0.2) is 30.5 Å². The van der Waals surface area contributed by atoms with E-state index in [2.05, 4.69) is 10.3 Å². The molecule has 122 valence electrons. The fourth-order valence-corrected chi connectivity index (χ4v) is 2.95. The van der Waals surface area contributed by atoms with Gasteiger partial charge in [-0.15, -0.1) is 0 Å². The number of aromatic nitrogens is 1. The van der Waals surface area contributed by atoms with E-state index in [-0.39, 0.29) is 5.82 Å². The van der Waals surface area contributed by atoms with Crippen LogP contribution in [-0.4, -0.2) is 24.7 Å². The predicted molar refractivity (Wildman–Crippen MR) is 91.1 cm³/mol. The molecule has 1 aliphatic rings. The summed E-state index contributed by atoms with van der Waals surface area (Å²) in [5.74, 6) is 0.587. The molecule has 0 unspecified atom stereocenters. The Hall–Kier alpha value is -1.85. The van der Waals surface area contributed by atoms with Crippen molar-refractivity contribution < 1.29 is 9.13 Å². The number of anilines is 2. The van der Waals surface area contributed by atoms with Crippen molar-refractivity contribution in [3.8, 4) is 11.1 Å². The van der Waals surface area contributed by atoms with Crippen LogP contribution in [0.3, 0.4) is 0 Å². The number of hydrogen-bond acceptors (Lipinski definition) is 4. The van der Waals surface area contributed by atoms with E-state index in [9.17, 15) is 4.39 Å². The summed E-state index contributed by atoms with van der Waals surface area (Å²) in [4.78, 5) is 3.93. The SMILES string of the molecule is Nc1cc(-c2cc(F)cc(NCC3CCOCC3)c2)c(Cl)cn1. The summed E-state index contributed by atoms with van der Waals surface area (Å²) in [5.41, 5.74) is 7.79. The molecule has 0 spiro atoms. The lowest BCUT2D eigenvalue weighted by molar-refractivity contribution is 0.0699. The van der Waals surface area contributed by atoms with Crippen molar-refractivity contribution in [2.75, 3.05) is 30.8 Å². The first kappa shape index (κ1) is 16.0. The molecule has 1 aliphatic heterocycles. The average molecular weight is 336 g/mol. The lowest BCUT2D eigenvalue weighted by Gasteiger charge is -2.22. The Bertz CT molecular complexity index is 690. The maximum absolute atomic E-state index is 14.0. The zero-order chi connectivity index (χ0) is 16.2. The first-order chi connectivity index (χ1) is 11.1. The van der Waals surface area contributed by atoms with Crippen molar-refractivity contribution in [2.45, 2.75) is 12.8 Å². The largest absolute Gasteiger partial charge is 0.385 e. The molecule has 0 aliphatic carbocycles. The summed E-state index contributed by atoms with van der Waals surface area (Å²) in [6.07, 6.45) is 3.54. The number of benzene rings is 1. The van der Waals surface area contributed by atoms with Gasteiger partial charge < -0.3 is 15.8 Å². The quantitative estimate of drug-likeness (QED) is 0.887. The zero-order valence-corrected chi connectivity index (χ0v) is 13.4. The van der Waals surface area contributed by atoms with Crippen LogP contribution >= 0.6 is 11.6 Å². The lowest BCUT2D eigenvalue weighted by Crippen LogP contribution is -2.22. The van der Waals surface area contributed by atoms with Gasteiger partial charge in [0.25, 0.3) is 0 Å². The first-order valence-corrected chi connectivity index (χ1v) is 8.03. The number of nitrogens with zero attached hydrogens (tertiary/aromatic N) is 1. The van der Waals surface area contributed by atoms with Gasteiger partial charge in [-0.05, 0) is 48.6 Å². The van der Waals surface area contributed by atoms with Gasteiger partial charge in [0.05, 0.1) is 5.02 Å². The smallest absolute Gasteiger partial charge is 0.125 e. The summed E-state index contributed by atoms with van der Waals surface area (Å²) < 4.78 is 19.3. The monoisotopic (exact) mass is 335 g/mol. The third-order valence-corrected chi connectivity index (χ3v) is 4.32. The molecule has 2 aromatic rings. The molecule has 23 heavy (non-hydrogen) atoms. The molecule has 0 saturated carbocycles. The van der Waals surface area contributed by atoms with Crippen molar-refractivity contribution >= 4 is 23.1 Å². The van der Waals surface area contributed by atoms with Gasteiger partial charge in [0.15, 0.2) is 0 Å². The number of pyridine rings is 1.